The lowest BCUT2D eigenvalue weighted by Crippen LogP contribution is -2.21. The number of amides is 1. The molecule has 1 atom stereocenters. The lowest BCUT2D eigenvalue weighted by Gasteiger charge is -2.17. The summed E-state index contributed by atoms with van der Waals surface area (Å²) in [6.07, 6.45) is 2.82. The standard InChI is InChI=1S/C13H19N3O2S/c1-15-12(18)11-10(14)9(7-2-3-7)13(19-11)16-5-4-8(17)6-16/h7-8,17H,2-6,14H2,1H3,(H,15,18). The molecular weight excluding hydrogens is 262 g/mol. The van der Waals surface area contributed by atoms with Crippen molar-refractivity contribution in [3.63, 3.8) is 0 Å². The Kier molecular flexibility index (Phi) is 3.14. The van der Waals surface area contributed by atoms with Crippen molar-refractivity contribution in [1.82, 2.24) is 5.32 Å². The van der Waals surface area contributed by atoms with Crippen LogP contribution in [-0.2, 0) is 0 Å². The van der Waals surface area contributed by atoms with Gasteiger partial charge in [-0.1, -0.05) is 0 Å². The number of carbonyl (C=O) groups is 1. The van der Waals surface area contributed by atoms with Gasteiger partial charge in [-0.2, -0.15) is 0 Å². The second kappa shape index (κ2) is 4.68. The third kappa shape index (κ3) is 2.19. The predicted molar refractivity (Wildman–Crippen MR) is 76.9 cm³/mol. The van der Waals surface area contributed by atoms with Crippen molar-refractivity contribution < 1.29 is 9.90 Å². The van der Waals surface area contributed by atoms with Gasteiger partial charge in [0.2, 0.25) is 0 Å². The number of hydrogen-bond acceptors (Lipinski definition) is 5. The maximum Gasteiger partial charge on any atom is 0.263 e. The van der Waals surface area contributed by atoms with Gasteiger partial charge in [0.1, 0.15) is 4.88 Å². The molecule has 5 nitrogen and oxygen atoms in total. The summed E-state index contributed by atoms with van der Waals surface area (Å²) in [6.45, 7) is 1.49. The number of nitrogens with one attached hydrogen (secondary N) is 1. The number of anilines is 2. The van der Waals surface area contributed by atoms with E-state index in [1.165, 1.54) is 11.3 Å². The third-order valence-electron chi connectivity index (χ3n) is 3.83. The van der Waals surface area contributed by atoms with Crippen molar-refractivity contribution in [2.75, 3.05) is 30.8 Å². The molecule has 1 amide bonds. The molecule has 2 aliphatic rings. The molecule has 2 heterocycles. The van der Waals surface area contributed by atoms with E-state index in [0.717, 1.165) is 36.4 Å². The van der Waals surface area contributed by atoms with Gasteiger partial charge in [0.25, 0.3) is 5.91 Å². The highest BCUT2D eigenvalue weighted by atomic mass is 32.1. The number of aliphatic hydroxyl groups excluding tert-OH is 1. The molecular formula is C13H19N3O2S. The molecule has 0 radical (unpaired) electrons. The van der Waals surface area contributed by atoms with E-state index in [-0.39, 0.29) is 12.0 Å². The summed E-state index contributed by atoms with van der Waals surface area (Å²) in [7, 11) is 1.62. The van der Waals surface area contributed by atoms with E-state index in [4.69, 9.17) is 5.73 Å². The monoisotopic (exact) mass is 281 g/mol. The van der Waals surface area contributed by atoms with E-state index in [9.17, 15) is 9.90 Å². The molecule has 0 aromatic carbocycles. The number of hydrogen-bond donors (Lipinski definition) is 3. The van der Waals surface area contributed by atoms with Crippen molar-refractivity contribution in [3.05, 3.63) is 10.4 Å². The van der Waals surface area contributed by atoms with Crippen LogP contribution in [0.15, 0.2) is 0 Å². The van der Waals surface area contributed by atoms with Crippen molar-refractivity contribution in [2.24, 2.45) is 0 Å². The molecule has 1 aliphatic heterocycles. The molecule has 19 heavy (non-hydrogen) atoms. The highest BCUT2D eigenvalue weighted by molar-refractivity contribution is 7.18. The minimum Gasteiger partial charge on any atom is -0.397 e. The van der Waals surface area contributed by atoms with E-state index in [1.807, 2.05) is 0 Å². The number of nitrogens with two attached hydrogens (primary N) is 1. The smallest absolute Gasteiger partial charge is 0.263 e. The molecule has 1 saturated carbocycles. The molecule has 3 rings (SSSR count). The zero-order chi connectivity index (χ0) is 13.6. The minimum absolute atomic E-state index is 0.115. The lowest BCUT2D eigenvalue weighted by molar-refractivity contribution is 0.0968. The summed E-state index contributed by atoms with van der Waals surface area (Å²) < 4.78 is 0. The van der Waals surface area contributed by atoms with Crippen LogP contribution >= 0.6 is 11.3 Å². The average molecular weight is 281 g/mol. The number of nitrogens with zero attached hydrogens (tertiary/aromatic N) is 1. The van der Waals surface area contributed by atoms with Crippen LogP contribution in [0, 0.1) is 0 Å². The molecule has 0 bridgehead atoms. The van der Waals surface area contributed by atoms with Gasteiger partial charge in [0, 0.05) is 25.7 Å². The van der Waals surface area contributed by atoms with Crippen molar-refractivity contribution in [1.29, 1.82) is 0 Å². The number of aliphatic hydroxyl groups is 1. The Bertz CT molecular complexity index is 510. The van der Waals surface area contributed by atoms with Crippen LogP contribution in [0.25, 0.3) is 0 Å². The number of rotatable bonds is 3. The van der Waals surface area contributed by atoms with Crippen LogP contribution in [0.2, 0.25) is 0 Å². The first-order valence-corrected chi connectivity index (χ1v) is 7.50. The van der Waals surface area contributed by atoms with Gasteiger partial charge in [-0.15, -0.1) is 11.3 Å². The van der Waals surface area contributed by atoms with Crippen LogP contribution in [0.4, 0.5) is 10.7 Å². The van der Waals surface area contributed by atoms with Crippen molar-refractivity contribution >= 4 is 27.9 Å². The lowest BCUT2D eigenvalue weighted by atomic mass is 10.1. The topological polar surface area (TPSA) is 78.6 Å². The van der Waals surface area contributed by atoms with Gasteiger partial charge < -0.3 is 21.1 Å². The Hall–Kier alpha value is -1.27. The molecule has 104 valence electrons. The van der Waals surface area contributed by atoms with E-state index in [1.54, 1.807) is 7.05 Å². The average Bonchev–Trinajstić information content (AvgIpc) is 3.05. The Morgan fingerprint density at radius 1 is 1.47 bits per heavy atom. The van der Waals surface area contributed by atoms with Crippen LogP contribution in [-0.4, -0.2) is 37.3 Å². The molecule has 0 spiro atoms. The largest absolute Gasteiger partial charge is 0.397 e. The highest BCUT2D eigenvalue weighted by Gasteiger charge is 2.35. The first-order valence-electron chi connectivity index (χ1n) is 6.69. The predicted octanol–water partition coefficient (Wildman–Crippen LogP) is 1.14. The summed E-state index contributed by atoms with van der Waals surface area (Å²) in [5, 5.41) is 13.4. The maximum atomic E-state index is 11.9. The fraction of sp³-hybridized carbons (Fsp3) is 0.615. The molecule has 1 saturated heterocycles. The fourth-order valence-electron chi connectivity index (χ4n) is 2.65. The fourth-order valence-corrected chi connectivity index (χ4v) is 3.94. The van der Waals surface area contributed by atoms with Gasteiger partial charge >= 0.3 is 0 Å². The summed E-state index contributed by atoms with van der Waals surface area (Å²) in [5.74, 6) is 0.387. The maximum absolute atomic E-state index is 11.9. The molecule has 2 fully saturated rings. The van der Waals surface area contributed by atoms with E-state index in [0.29, 0.717) is 23.0 Å². The summed E-state index contributed by atoms with van der Waals surface area (Å²) in [4.78, 5) is 14.7. The van der Waals surface area contributed by atoms with Crippen LogP contribution < -0.4 is 16.0 Å². The van der Waals surface area contributed by atoms with Gasteiger partial charge in [-0.3, -0.25) is 4.79 Å². The van der Waals surface area contributed by atoms with Gasteiger partial charge in [-0.25, -0.2) is 0 Å². The first kappa shape index (κ1) is 12.7. The van der Waals surface area contributed by atoms with Gasteiger partial charge in [0.05, 0.1) is 16.8 Å². The van der Waals surface area contributed by atoms with Crippen LogP contribution in [0.1, 0.15) is 40.4 Å². The van der Waals surface area contributed by atoms with E-state index >= 15 is 0 Å². The van der Waals surface area contributed by atoms with E-state index in [2.05, 4.69) is 10.2 Å². The highest BCUT2D eigenvalue weighted by Crippen LogP contribution is 2.52. The quantitative estimate of drug-likeness (QED) is 0.776. The molecule has 1 aromatic rings. The van der Waals surface area contributed by atoms with Crippen molar-refractivity contribution in [3.8, 4) is 0 Å². The zero-order valence-corrected chi connectivity index (χ0v) is 11.8. The summed E-state index contributed by atoms with van der Waals surface area (Å²) in [6, 6.07) is 0. The second-order valence-corrected chi connectivity index (χ2v) is 6.30. The summed E-state index contributed by atoms with van der Waals surface area (Å²) in [5.41, 5.74) is 7.96. The summed E-state index contributed by atoms with van der Waals surface area (Å²) >= 11 is 1.46. The molecule has 1 aliphatic carbocycles. The Morgan fingerprint density at radius 3 is 2.74 bits per heavy atom. The molecule has 6 heteroatoms. The van der Waals surface area contributed by atoms with Crippen LogP contribution in [0.3, 0.4) is 0 Å². The van der Waals surface area contributed by atoms with E-state index < -0.39 is 0 Å². The number of carbonyl (C=O) groups excluding carboxylic acids is 1. The Balaban J connectivity index is 2.00. The number of thiophene rings is 1. The van der Waals surface area contributed by atoms with Crippen LogP contribution in [0.5, 0.6) is 0 Å². The Labute approximate surface area is 116 Å². The van der Waals surface area contributed by atoms with Gasteiger partial charge in [0.15, 0.2) is 0 Å². The van der Waals surface area contributed by atoms with Gasteiger partial charge in [-0.05, 0) is 25.2 Å². The second-order valence-electron chi connectivity index (χ2n) is 5.31. The SMILES string of the molecule is CNC(=O)c1sc(N2CCC(O)C2)c(C2CC2)c1N. The molecule has 1 unspecified atom stereocenters. The normalized spacial score (nSPS) is 22.8. The number of nitrogen functional groups attached to an aromatic ring is 1. The third-order valence-corrected chi connectivity index (χ3v) is 5.11. The zero-order valence-electron chi connectivity index (χ0n) is 11.0. The minimum atomic E-state index is -0.265. The molecule has 4 N–H and O–H groups in total. The molecule has 1 aromatic heterocycles. The number of β-amino-alcohol motifs (C(OH)–C–C–N with tert-alkyl or cyclic N) is 1. The Morgan fingerprint density at radius 2 is 2.21 bits per heavy atom. The van der Waals surface area contributed by atoms with Crippen molar-refractivity contribution in [2.45, 2.75) is 31.3 Å². The first-order chi connectivity index (χ1) is 9.11.